The third-order valence-corrected chi connectivity index (χ3v) is 6.30. The van der Waals surface area contributed by atoms with Gasteiger partial charge in [0.2, 0.25) is 5.95 Å². The van der Waals surface area contributed by atoms with E-state index in [-0.39, 0.29) is 22.9 Å². The number of hydrogen-bond acceptors (Lipinski definition) is 7. The maximum atomic E-state index is 13.1. The molecule has 4 heterocycles. The second-order valence-corrected chi connectivity index (χ2v) is 8.42. The molecule has 1 saturated heterocycles. The molecule has 3 aromatic heterocycles. The molecule has 0 amide bonds. The number of nitrogens with one attached hydrogen (secondary N) is 1. The van der Waals surface area contributed by atoms with Crippen molar-refractivity contribution >= 4 is 34.3 Å². The lowest BCUT2D eigenvalue weighted by atomic mass is 10.1. The Morgan fingerprint density at radius 1 is 1.06 bits per heavy atom. The summed E-state index contributed by atoms with van der Waals surface area (Å²) < 4.78 is 1.70. The van der Waals surface area contributed by atoms with Gasteiger partial charge in [0.25, 0.3) is 5.56 Å². The van der Waals surface area contributed by atoms with Gasteiger partial charge in [-0.05, 0) is 50.8 Å². The largest absolute Gasteiger partial charge is 0.370 e. The van der Waals surface area contributed by atoms with Gasteiger partial charge in [-0.1, -0.05) is 12.8 Å². The molecule has 0 unspecified atom stereocenters. The molecule has 0 bridgehead atoms. The number of hydrogen-bond donors (Lipinski definition) is 1. The summed E-state index contributed by atoms with van der Waals surface area (Å²) >= 11 is 0. The van der Waals surface area contributed by atoms with Crippen molar-refractivity contribution in [3.63, 3.8) is 0 Å². The minimum atomic E-state index is -0.260. The summed E-state index contributed by atoms with van der Waals surface area (Å²) in [5.74, 6) is 0.802. The van der Waals surface area contributed by atoms with E-state index in [1.807, 2.05) is 12.3 Å². The molecule has 8 nitrogen and oxygen atoms in total. The third-order valence-electron chi connectivity index (χ3n) is 6.30. The van der Waals surface area contributed by atoms with Gasteiger partial charge in [0.15, 0.2) is 5.78 Å². The highest BCUT2D eigenvalue weighted by molar-refractivity contribution is 5.96. The first-order chi connectivity index (χ1) is 15.1. The lowest BCUT2D eigenvalue weighted by Gasteiger charge is -2.18. The Morgan fingerprint density at radius 2 is 1.84 bits per heavy atom. The minimum absolute atomic E-state index is 0.0647. The van der Waals surface area contributed by atoms with Crippen LogP contribution in [0.25, 0.3) is 11.0 Å². The second kappa shape index (κ2) is 8.09. The van der Waals surface area contributed by atoms with E-state index in [9.17, 15) is 9.59 Å². The molecule has 0 radical (unpaired) electrons. The summed E-state index contributed by atoms with van der Waals surface area (Å²) in [6, 6.07) is 5.65. The van der Waals surface area contributed by atoms with Crippen molar-refractivity contribution in [1.82, 2.24) is 19.5 Å². The third kappa shape index (κ3) is 3.78. The van der Waals surface area contributed by atoms with Crippen LogP contribution in [-0.2, 0) is 0 Å². The Labute approximate surface area is 180 Å². The minimum Gasteiger partial charge on any atom is -0.370 e. The molecule has 5 rings (SSSR count). The van der Waals surface area contributed by atoms with E-state index in [1.54, 1.807) is 16.8 Å². The van der Waals surface area contributed by atoms with E-state index in [1.165, 1.54) is 19.8 Å². The maximum Gasteiger partial charge on any atom is 0.263 e. The molecule has 1 N–H and O–H groups in total. The number of anilines is 3. The average molecular weight is 419 g/mol. The van der Waals surface area contributed by atoms with Gasteiger partial charge in [0, 0.05) is 30.7 Å². The van der Waals surface area contributed by atoms with E-state index in [2.05, 4.69) is 31.2 Å². The summed E-state index contributed by atoms with van der Waals surface area (Å²) in [6.07, 6.45) is 9.96. The van der Waals surface area contributed by atoms with Crippen LogP contribution in [0.1, 0.15) is 61.8 Å². The number of carbonyl (C=O) groups is 1. The Morgan fingerprint density at radius 3 is 2.52 bits per heavy atom. The first-order valence-electron chi connectivity index (χ1n) is 11.0. The van der Waals surface area contributed by atoms with Crippen LogP contribution in [0.5, 0.6) is 0 Å². The predicted molar refractivity (Wildman–Crippen MR) is 120 cm³/mol. The normalized spacial score (nSPS) is 16.9. The molecule has 1 aliphatic heterocycles. The van der Waals surface area contributed by atoms with Crippen molar-refractivity contribution in [3.05, 3.63) is 46.5 Å². The van der Waals surface area contributed by atoms with Gasteiger partial charge in [0.1, 0.15) is 11.5 Å². The number of Topliss-reactive ketones (excluding diaryl/α,β-unsaturated/α-hetero) is 1. The summed E-state index contributed by atoms with van der Waals surface area (Å²) in [6.45, 7) is 3.57. The monoisotopic (exact) mass is 418 g/mol. The van der Waals surface area contributed by atoms with Gasteiger partial charge in [-0.25, -0.2) is 9.97 Å². The Hall–Kier alpha value is -3.29. The van der Waals surface area contributed by atoms with Crippen LogP contribution in [0.15, 0.2) is 35.4 Å². The Balaban J connectivity index is 1.50. The summed E-state index contributed by atoms with van der Waals surface area (Å²) in [4.78, 5) is 41.0. The van der Waals surface area contributed by atoms with Crippen molar-refractivity contribution in [2.75, 3.05) is 23.3 Å². The maximum absolute atomic E-state index is 13.1. The van der Waals surface area contributed by atoms with Crippen LogP contribution in [0.3, 0.4) is 0 Å². The number of pyridine rings is 2. The van der Waals surface area contributed by atoms with E-state index in [0.29, 0.717) is 22.8 Å². The van der Waals surface area contributed by atoms with Gasteiger partial charge < -0.3 is 10.2 Å². The van der Waals surface area contributed by atoms with Gasteiger partial charge in [-0.3, -0.25) is 14.2 Å². The Kier molecular flexibility index (Phi) is 5.13. The van der Waals surface area contributed by atoms with Crippen LogP contribution in [0, 0.1) is 0 Å². The van der Waals surface area contributed by atoms with E-state index in [4.69, 9.17) is 0 Å². The van der Waals surface area contributed by atoms with Crippen molar-refractivity contribution in [2.24, 2.45) is 0 Å². The molecule has 2 aliphatic rings. The van der Waals surface area contributed by atoms with Gasteiger partial charge in [0.05, 0.1) is 17.4 Å². The summed E-state index contributed by atoms with van der Waals surface area (Å²) in [5.41, 5.74) is 1.62. The van der Waals surface area contributed by atoms with Crippen LogP contribution < -0.4 is 15.8 Å². The van der Waals surface area contributed by atoms with Crippen LogP contribution in [0.2, 0.25) is 0 Å². The summed E-state index contributed by atoms with van der Waals surface area (Å²) in [7, 11) is 0. The number of aromatic nitrogens is 4. The molecule has 0 spiro atoms. The van der Waals surface area contributed by atoms with Crippen molar-refractivity contribution < 1.29 is 4.79 Å². The van der Waals surface area contributed by atoms with Crippen LogP contribution >= 0.6 is 0 Å². The van der Waals surface area contributed by atoms with Crippen LogP contribution in [0.4, 0.5) is 17.5 Å². The number of fused-ring (bicyclic) bond motifs is 1. The SMILES string of the molecule is CC(=O)c1cc2cnc(Nc3ccc(N4CCCC4)cn3)nc2n(C2CCCC2)c1=O. The van der Waals surface area contributed by atoms with Gasteiger partial charge >= 0.3 is 0 Å². The molecule has 2 fully saturated rings. The second-order valence-electron chi connectivity index (χ2n) is 8.42. The van der Waals surface area contributed by atoms with Crippen molar-refractivity contribution in [2.45, 2.75) is 51.5 Å². The molecule has 1 aliphatic carbocycles. The molecule has 0 aromatic carbocycles. The highest BCUT2D eigenvalue weighted by Gasteiger charge is 2.24. The quantitative estimate of drug-likeness (QED) is 0.629. The molecule has 3 aromatic rings. The first kappa shape index (κ1) is 19.7. The number of carbonyl (C=O) groups excluding carboxylic acids is 1. The fraction of sp³-hybridized carbons (Fsp3) is 0.435. The first-order valence-corrected chi connectivity index (χ1v) is 11.0. The highest BCUT2D eigenvalue weighted by Crippen LogP contribution is 2.31. The van der Waals surface area contributed by atoms with Gasteiger partial charge in [-0.2, -0.15) is 4.98 Å². The smallest absolute Gasteiger partial charge is 0.263 e. The van der Waals surface area contributed by atoms with Gasteiger partial charge in [-0.15, -0.1) is 0 Å². The zero-order valence-corrected chi connectivity index (χ0v) is 17.7. The molecule has 160 valence electrons. The summed E-state index contributed by atoms with van der Waals surface area (Å²) in [5, 5.41) is 3.85. The molecule has 8 heteroatoms. The predicted octanol–water partition coefficient (Wildman–Crippen LogP) is 3.85. The zero-order chi connectivity index (χ0) is 21.4. The molecular weight excluding hydrogens is 392 g/mol. The van der Waals surface area contributed by atoms with E-state index < -0.39 is 0 Å². The lowest BCUT2D eigenvalue weighted by molar-refractivity contribution is 0.101. The molecule has 31 heavy (non-hydrogen) atoms. The number of rotatable bonds is 5. The van der Waals surface area contributed by atoms with Crippen LogP contribution in [-0.4, -0.2) is 38.4 Å². The van der Waals surface area contributed by atoms with E-state index >= 15 is 0 Å². The molecule has 1 saturated carbocycles. The standard InChI is InChI=1S/C23H26N6O2/c1-15(30)19-12-16-13-25-23(27-21(16)29(22(19)31)17-6-2-3-7-17)26-20-9-8-18(14-24-20)28-10-4-5-11-28/h8-9,12-14,17H,2-7,10-11H2,1H3,(H,24,25,26,27). The fourth-order valence-corrected chi connectivity index (χ4v) is 4.67. The topological polar surface area (TPSA) is 93.0 Å². The number of ketones is 1. The zero-order valence-electron chi connectivity index (χ0n) is 17.7. The average Bonchev–Trinajstić information content (AvgIpc) is 3.48. The van der Waals surface area contributed by atoms with E-state index in [0.717, 1.165) is 44.5 Å². The lowest BCUT2D eigenvalue weighted by Crippen LogP contribution is -2.29. The molecule has 0 atom stereocenters. The van der Waals surface area contributed by atoms with Crippen molar-refractivity contribution in [3.8, 4) is 0 Å². The molecular formula is C23H26N6O2. The highest BCUT2D eigenvalue weighted by atomic mass is 16.1. The Bertz CT molecular complexity index is 1180. The number of nitrogens with zero attached hydrogens (tertiary/aromatic N) is 5. The fourth-order valence-electron chi connectivity index (χ4n) is 4.67. The van der Waals surface area contributed by atoms with Crippen molar-refractivity contribution in [1.29, 1.82) is 0 Å².